The van der Waals surface area contributed by atoms with Crippen molar-refractivity contribution in [1.29, 1.82) is 0 Å². The van der Waals surface area contributed by atoms with E-state index in [4.69, 9.17) is 0 Å². The Morgan fingerprint density at radius 3 is 2.70 bits per heavy atom. The van der Waals surface area contributed by atoms with Gasteiger partial charge in [-0.2, -0.15) is 0 Å². The van der Waals surface area contributed by atoms with E-state index in [1.54, 1.807) is 0 Å². The standard InChI is InChI=1S/C17H14FNO/c18-15-8-14(10-19-11-15)17(20)9-13-6-3-5-12-4-1-2-7-16(12)13/h1-8,10-11,17,20H,9H2. The zero-order valence-electron chi connectivity index (χ0n) is 10.8. The highest BCUT2D eigenvalue weighted by Gasteiger charge is 2.11. The molecule has 1 unspecified atom stereocenters. The fourth-order valence-electron chi connectivity index (χ4n) is 2.41. The molecule has 0 aliphatic rings. The summed E-state index contributed by atoms with van der Waals surface area (Å²) in [7, 11) is 0. The molecule has 1 atom stereocenters. The van der Waals surface area contributed by atoms with Crippen LogP contribution in [0.1, 0.15) is 17.2 Å². The summed E-state index contributed by atoms with van der Waals surface area (Å²) in [4.78, 5) is 3.77. The fourth-order valence-corrected chi connectivity index (χ4v) is 2.41. The second kappa shape index (κ2) is 5.39. The monoisotopic (exact) mass is 267 g/mol. The van der Waals surface area contributed by atoms with Crippen LogP contribution in [0.25, 0.3) is 10.8 Å². The number of nitrogens with zero attached hydrogens (tertiary/aromatic N) is 1. The van der Waals surface area contributed by atoms with E-state index >= 15 is 0 Å². The van der Waals surface area contributed by atoms with E-state index in [9.17, 15) is 9.50 Å². The molecule has 0 saturated heterocycles. The van der Waals surface area contributed by atoms with E-state index in [-0.39, 0.29) is 0 Å². The van der Waals surface area contributed by atoms with Crippen molar-refractivity contribution in [3.05, 3.63) is 77.9 Å². The predicted molar refractivity (Wildman–Crippen MR) is 76.8 cm³/mol. The third-order valence-corrected chi connectivity index (χ3v) is 3.40. The zero-order chi connectivity index (χ0) is 13.9. The quantitative estimate of drug-likeness (QED) is 0.785. The van der Waals surface area contributed by atoms with Gasteiger partial charge in [-0.15, -0.1) is 0 Å². The smallest absolute Gasteiger partial charge is 0.141 e. The van der Waals surface area contributed by atoms with E-state index < -0.39 is 11.9 Å². The first-order valence-corrected chi connectivity index (χ1v) is 6.49. The van der Waals surface area contributed by atoms with Gasteiger partial charge in [-0.3, -0.25) is 4.98 Å². The maximum atomic E-state index is 13.1. The molecule has 2 nitrogen and oxygen atoms in total. The van der Waals surface area contributed by atoms with Gasteiger partial charge in [0.2, 0.25) is 0 Å². The Labute approximate surface area is 116 Å². The van der Waals surface area contributed by atoms with Gasteiger partial charge in [0, 0.05) is 18.2 Å². The van der Waals surface area contributed by atoms with Crippen LogP contribution < -0.4 is 0 Å². The number of fused-ring (bicyclic) bond motifs is 1. The minimum Gasteiger partial charge on any atom is -0.388 e. The molecule has 1 heterocycles. The Balaban J connectivity index is 1.93. The van der Waals surface area contributed by atoms with Crippen LogP contribution >= 0.6 is 0 Å². The van der Waals surface area contributed by atoms with E-state index in [1.165, 1.54) is 12.3 Å². The SMILES string of the molecule is OC(Cc1cccc2ccccc12)c1cncc(F)c1. The number of aliphatic hydroxyl groups excluding tert-OH is 1. The maximum Gasteiger partial charge on any atom is 0.141 e. The Kier molecular flexibility index (Phi) is 3.44. The molecule has 0 spiro atoms. The molecule has 0 aliphatic heterocycles. The molecule has 2 aromatic carbocycles. The Morgan fingerprint density at radius 2 is 1.85 bits per heavy atom. The molecule has 0 amide bonds. The summed E-state index contributed by atoms with van der Waals surface area (Å²) in [5.41, 5.74) is 1.54. The number of hydrogen-bond donors (Lipinski definition) is 1. The predicted octanol–water partition coefficient (Wildman–Crippen LogP) is 3.65. The number of benzene rings is 2. The largest absolute Gasteiger partial charge is 0.388 e. The van der Waals surface area contributed by atoms with Gasteiger partial charge in [0.25, 0.3) is 0 Å². The Hall–Kier alpha value is -2.26. The first kappa shape index (κ1) is 12.8. The number of halogens is 1. The van der Waals surface area contributed by atoms with Gasteiger partial charge in [0.15, 0.2) is 0 Å². The topological polar surface area (TPSA) is 33.1 Å². The van der Waals surface area contributed by atoms with Crippen LogP contribution in [0.2, 0.25) is 0 Å². The number of pyridine rings is 1. The summed E-state index contributed by atoms with van der Waals surface area (Å²) in [5, 5.41) is 12.5. The number of hydrogen-bond acceptors (Lipinski definition) is 2. The third kappa shape index (κ3) is 2.53. The molecule has 0 aliphatic carbocycles. The summed E-state index contributed by atoms with van der Waals surface area (Å²) in [6, 6.07) is 15.3. The zero-order valence-corrected chi connectivity index (χ0v) is 10.8. The van der Waals surface area contributed by atoms with E-state index in [0.29, 0.717) is 12.0 Å². The molecule has 100 valence electrons. The van der Waals surface area contributed by atoms with Crippen molar-refractivity contribution < 1.29 is 9.50 Å². The van der Waals surface area contributed by atoms with Crippen LogP contribution in [0.3, 0.4) is 0 Å². The minimum absolute atomic E-state index is 0.431. The second-order valence-electron chi connectivity index (χ2n) is 4.79. The van der Waals surface area contributed by atoms with Gasteiger partial charge >= 0.3 is 0 Å². The molecule has 20 heavy (non-hydrogen) atoms. The van der Waals surface area contributed by atoms with Crippen molar-refractivity contribution in [2.24, 2.45) is 0 Å². The van der Waals surface area contributed by atoms with Gasteiger partial charge in [0.05, 0.1) is 12.3 Å². The van der Waals surface area contributed by atoms with Crippen LogP contribution in [0.4, 0.5) is 4.39 Å². The Morgan fingerprint density at radius 1 is 1.05 bits per heavy atom. The molecule has 3 aromatic rings. The summed E-state index contributed by atoms with van der Waals surface area (Å²) in [5.74, 6) is -0.431. The van der Waals surface area contributed by atoms with Gasteiger partial charge in [-0.05, 0) is 22.4 Å². The van der Waals surface area contributed by atoms with Crippen molar-refractivity contribution in [2.75, 3.05) is 0 Å². The maximum absolute atomic E-state index is 13.1. The highest BCUT2D eigenvalue weighted by Crippen LogP contribution is 2.24. The average molecular weight is 267 g/mol. The van der Waals surface area contributed by atoms with E-state index in [0.717, 1.165) is 22.5 Å². The molecule has 3 heteroatoms. The van der Waals surface area contributed by atoms with Crippen LogP contribution in [0.15, 0.2) is 60.9 Å². The first-order chi connectivity index (χ1) is 9.74. The van der Waals surface area contributed by atoms with Crippen LogP contribution in [-0.4, -0.2) is 10.1 Å². The lowest BCUT2D eigenvalue weighted by atomic mass is 9.97. The van der Waals surface area contributed by atoms with Gasteiger partial charge in [-0.25, -0.2) is 4.39 Å². The summed E-state index contributed by atoms with van der Waals surface area (Å²) in [6.45, 7) is 0. The average Bonchev–Trinajstić information content (AvgIpc) is 2.47. The number of rotatable bonds is 3. The lowest BCUT2D eigenvalue weighted by Crippen LogP contribution is -2.03. The molecule has 0 saturated carbocycles. The van der Waals surface area contributed by atoms with Crippen LogP contribution in [0, 0.1) is 5.82 Å². The first-order valence-electron chi connectivity index (χ1n) is 6.49. The van der Waals surface area contributed by atoms with Crippen molar-refractivity contribution in [3.63, 3.8) is 0 Å². The summed E-state index contributed by atoms with van der Waals surface area (Å²) in [6.07, 6.45) is 2.31. The van der Waals surface area contributed by atoms with E-state index in [2.05, 4.69) is 4.98 Å². The Bertz CT molecular complexity index is 736. The third-order valence-electron chi connectivity index (χ3n) is 3.40. The summed E-state index contributed by atoms with van der Waals surface area (Å²) >= 11 is 0. The molecular weight excluding hydrogens is 253 g/mol. The molecule has 0 bridgehead atoms. The van der Waals surface area contributed by atoms with Gasteiger partial charge in [0.1, 0.15) is 5.82 Å². The highest BCUT2D eigenvalue weighted by molar-refractivity contribution is 5.85. The second-order valence-corrected chi connectivity index (χ2v) is 4.79. The molecule has 0 fully saturated rings. The number of aromatic nitrogens is 1. The normalized spacial score (nSPS) is 12.5. The van der Waals surface area contributed by atoms with Gasteiger partial charge in [-0.1, -0.05) is 42.5 Å². The van der Waals surface area contributed by atoms with E-state index in [1.807, 2.05) is 42.5 Å². The van der Waals surface area contributed by atoms with Crippen molar-refractivity contribution in [2.45, 2.75) is 12.5 Å². The highest BCUT2D eigenvalue weighted by atomic mass is 19.1. The van der Waals surface area contributed by atoms with Crippen molar-refractivity contribution >= 4 is 10.8 Å². The van der Waals surface area contributed by atoms with Crippen LogP contribution in [0.5, 0.6) is 0 Å². The van der Waals surface area contributed by atoms with Crippen LogP contribution in [-0.2, 0) is 6.42 Å². The van der Waals surface area contributed by atoms with Crippen molar-refractivity contribution in [1.82, 2.24) is 4.98 Å². The molecule has 1 aromatic heterocycles. The molecule has 0 radical (unpaired) electrons. The minimum atomic E-state index is -0.760. The number of aliphatic hydroxyl groups is 1. The lowest BCUT2D eigenvalue weighted by molar-refractivity contribution is 0.178. The molecule has 1 N–H and O–H groups in total. The summed E-state index contributed by atoms with van der Waals surface area (Å²) < 4.78 is 13.1. The fraction of sp³-hybridized carbons (Fsp3) is 0.118. The molecule has 3 rings (SSSR count). The molecular formula is C17H14FNO. The van der Waals surface area contributed by atoms with Crippen molar-refractivity contribution in [3.8, 4) is 0 Å². The lowest BCUT2D eigenvalue weighted by Gasteiger charge is -2.12. The van der Waals surface area contributed by atoms with Gasteiger partial charge < -0.3 is 5.11 Å².